The number of aliphatic hydroxyl groups excluding tert-OH is 1. The molecule has 0 radical (unpaired) electrons. The summed E-state index contributed by atoms with van der Waals surface area (Å²) in [6.45, 7) is 6.95. The fourth-order valence-corrected chi connectivity index (χ4v) is 3.64. The first-order valence-electron chi connectivity index (χ1n) is 7.99. The van der Waals surface area contributed by atoms with Gasteiger partial charge in [-0.05, 0) is 56.6 Å². The second-order valence-electron chi connectivity index (χ2n) is 6.47. The Balaban J connectivity index is 2.02. The number of nitrogens with one attached hydrogen (secondary N) is 1. The molecule has 1 aromatic carbocycles. The van der Waals surface area contributed by atoms with Gasteiger partial charge in [-0.1, -0.05) is 30.5 Å². The van der Waals surface area contributed by atoms with Gasteiger partial charge in [0.05, 0.1) is 0 Å². The van der Waals surface area contributed by atoms with E-state index in [2.05, 4.69) is 24.4 Å². The van der Waals surface area contributed by atoms with Gasteiger partial charge >= 0.3 is 0 Å². The third-order valence-corrected chi connectivity index (χ3v) is 4.73. The molecular weight excluding hydrogens is 262 g/mol. The summed E-state index contributed by atoms with van der Waals surface area (Å²) in [5.41, 5.74) is 4.06. The Morgan fingerprint density at radius 2 is 1.71 bits per heavy atom. The largest absolute Gasteiger partial charge is 0.396 e. The minimum atomic E-state index is 0.0206. The molecule has 2 N–H and O–H groups in total. The first-order chi connectivity index (χ1) is 10.0. The highest BCUT2D eigenvalue weighted by Gasteiger charge is 2.25. The molecule has 2 rings (SSSR count). The van der Waals surface area contributed by atoms with Crippen molar-refractivity contribution < 1.29 is 9.90 Å². The molecule has 1 aliphatic carbocycles. The average Bonchev–Trinajstić information content (AvgIpc) is 2.44. The van der Waals surface area contributed by atoms with E-state index in [1.807, 2.05) is 13.8 Å². The quantitative estimate of drug-likeness (QED) is 0.894. The third-order valence-electron chi connectivity index (χ3n) is 4.73. The monoisotopic (exact) mass is 289 g/mol. The molecule has 1 fully saturated rings. The van der Waals surface area contributed by atoms with Crippen molar-refractivity contribution >= 4 is 5.91 Å². The lowest BCUT2D eigenvalue weighted by atomic mass is 9.79. The lowest BCUT2D eigenvalue weighted by Gasteiger charge is -2.30. The minimum absolute atomic E-state index is 0.0206. The normalized spacial score (nSPS) is 22.1. The average molecular weight is 289 g/mol. The summed E-state index contributed by atoms with van der Waals surface area (Å²) in [4.78, 5) is 12.5. The highest BCUT2D eigenvalue weighted by molar-refractivity contribution is 5.97. The Hall–Kier alpha value is -1.35. The fourth-order valence-electron chi connectivity index (χ4n) is 3.64. The highest BCUT2D eigenvalue weighted by atomic mass is 16.3. The van der Waals surface area contributed by atoms with Gasteiger partial charge in [0, 0.05) is 18.7 Å². The van der Waals surface area contributed by atoms with Gasteiger partial charge in [0.2, 0.25) is 0 Å². The van der Waals surface area contributed by atoms with E-state index in [0.29, 0.717) is 18.4 Å². The zero-order chi connectivity index (χ0) is 15.4. The smallest absolute Gasteiger partial charge is 0.251 e. The molecule has 2 atom stereocenters. The van der Waals surface area contributed by atoms with Gasteiger partial charge in [-0.25, -0.2) is 0 Å². The number of aryl methyl sites for hydroxylation is 3. The first-order valence-corrected chi connectivity index (χ1v) is 7.99. The van der Waals surface area contributed by atoms with Crippen LogP contribution >= 0.6 is 0 Å². The summed E-state index contributed by atoms with van der Waals surface area (Å²) in [7, 11) is 0. The molecule has 21 heavy (non-hydrogen) atoms. The Labute approximate surface area is 127 Å². The molecule has 0 heterocycles. The van der Waals surface area contributed by atoms with Crippen molar-refractivity contribution in [2.45, 2.75) is 46.5 Å². The molecule has 1 saturated carbocycles. The van der Waals surface area contributed by atoms with Crippen molar-refractivity contribution in [3.63, 3.8) is 0 Å². The highest BCUT2D eigenvalue weighted by Crippen LogP contribution is 2.29. The van der Waals surface area contributed by atoms with E-state index in [9.17, 15) is 9.90 Å². The number of amides is 1. The van der Waals surface area contributed by atoms with E-state index in [1.54, 1.807) is 0 Å². The molecule has 0 aromatic heterocycles. The number of carbonyl (C=O) groups excluding carboxylic acids is 1. The molecule has 0 saturated heterocycles. The second kappa shape index (κ2) is 7.08. The van der Waals surface area contributed by atoms with Crippen LogP contribution in [0, 0.1) is 32.6 Å². The predicted molar refractivity (Wildman–Crippen MR) is 85.5 cm³/mol. The zero-order valence-electron chi connectivity index (χ0n) is 13.4. The fraction of sp³-hybridized carbons (Fsp3) is 0.611. The predicted octanol–water partition coefficient (Wildman–Crippen LogP) is 3.14. The molecular formula is C18H27NO2. The van der Waals surface area contributed by atoms with E-state index in [4.69, 9.17) is 0 Å². The van der Waals surface area contributed by atoms with Crippen LogP contribution in [-0.4, -0.2) is 24.2 Å². The molecule has 116 valence electrons. The summed E-state index contributed by atoms with van der Waals surface area (Å²) in [5, 5.41) is 12.5. The number of aliphatic hydroxyl groups is 1. The van der Waals surface area contributed by atoms with Gasteiger partial charge in [-0.2, -0.15) is 0 Å². The molecule has 3 heteroatoms. The van der Waals surface area contributed by atoms with Gasteiger partial charge in [-0.3, -0.25) is 4.79 Å². The second-order valence-corrected chi connectivity index (χ2v) is 6.47. The van der Waals surface area contributed by atoms with Crippen LogP contribution in [0.5, 0.6) is 0 Å². The number of hydrogen-bond acceptors (Lipinski definition) is 2. The third kappa shape index (κ3) is 3.85. The molecule has 0 bridgehead atoms. The van der Waals surface area contributed by atoms with Crippen LogP contribution in [0.15, 0.2) is 12.1 Å². The lowest BCUT2D eigenvalue weighted by molar-refractivity contribution is 0.0908. The van der Waals surface area contributed by atoms with Crippen LogP contribution in [0.2, 0.25) is 0 Å². The van der Waals surface area contributed by atoms with E-state index in [0.717, 1.165) is 29.5 Å². The summed E-state index contributed by atoms with van der Waals surface area (Å²) >= 11 is 0. The van der Waals surface area contributed by atoms with E-state index in [-0.39, 0.29) is 12.5 Å². The SMILES string of the molecule is Cc1cc(C)c(C(=O)NCC2CCCCC2CO)c(C)c1. The van der Waals surface area contributed by atoms with Gasteiger partial charge in [0.15, 0.2) is 0 Å². The van der Waals surface area contributed by atoms with Crippen molar-refractivity contribution in [2.75, 3.05) is 13.2 Å². The number of carbonyl (C=O) groups is 1. The van der Waals surface area contributed by atoms with Crippen molar-refractivity contribution in [3.05, 3.63) is 34.4 Å². The van der Waals surface area contributed by atoms with E-state index < -0.39 is 0 Å². The number of hydrogen-bond donors (Lipinski definition) is 2. The van der Waals surface area contributed by atoms with Gasteiger partial charge < -0.3 is 10.4 Å². The number of rotatable bonds is 4. The van der Waals surface area contributed by atoms with Crippen LogP contribution in [0.3, 0.4) is 0 Å². The molecule has 0 spiro atoms. The van der Waals surface area contributed by atoms with Crippen LogP contribution < -0.4 is 5.32 Å². The van der Waals surface area contributed by atoms with Crippen molar-refractivity contribution in [1.82, 2.24) is 5.32 Å². The van der Waals surface area contributed by atoms with Crippen LogP contribution in [0.4, 0.5) is 0 Å². The van der Waals surface area contributed by atoms with Crippen LogP contribution in [-0.2, 0) is 0 Å². The van der Waals surface area contributed by atoms with E-state index >= 15 is 0 Å². The van der Waals surface area contributed by atoms with Crippen molar-refractivity contribution in [1.29, 1.82) is 0 Å². The molecule has 1 aromatic rings. The maximum atomic E-state index is 12.5. The van der Waals surface area contributed by atoms with Crippen molar-refractivity contribution in [2.24, 2.45) is 11.8 Å². The number of benzene rings is 1. The summed E-state index contributed by atoms with van der Waals surface area (Å²) < 4.78 is 0. The minimum Gasteiger partial charge on any atom is -0.396 e. The molecule has 3 nitrogen and oxygen atoms in total. The Kier molecular flexibility index (Phi) is 5.40. The maximum absolute atomic E-state index is 12.5. The zero-order valence-corrected chi connectivity index (χ0v) is 13.4. The van der Waals surface area contributed by atoms with Crippen LogP contribution in [0.25, 0.3) is 0 Å². The van der Waals surface area contributed by atoms with E-state index in [1.165, 1.54) is 18.4 Å². The first kappa shape index (κ1) is 16.0. The molecule has 2 unspecified atom stereocenters. The van der Waals surface area contributed by atoms with Crippen molar-refractivity contribution in [3.8, 4) is 0 Å². The Bertz CT molecular complexity index is 487. The Morgan fingerprint density at radius 3 is 2.29 bits per heavy atom. The summed E-state index contributed by atoms with van der Waals surface area (Å²) in [5.74, 6) is 0.783. The van der Waals surface area contributed by atoms with Gasteiger partial charge in [-0.15, -0.1) is 0 Å². The lowest BCUT2D eigenvalue weighted by Crippen LogP contribution is -2.36. The standard InChI is InChI=1S/C18H27NO2/c1-12-8-13(2)17(14(3)9-12)18(21)19-10-15-6-4-5-7-16(15)11-20/h8-9,15-16,20H,4-7,10-11H2,1-3H3,(H,19,21). The van der Waals surface area contributed by atoms with Crippen LogP contribution in [0.1, 0.15) is 52.7 Å². The molecule has 1 aliphatic rings. The Morgan fingerprint density at radius 1 is 1.14 bits per heavy atom. The maximum Gasteiger partial charge on any atom is 0.251 e. The molecule has 0 aliphatic heterocycles. The summed E-state index contributed by atoms with van der Waals surface area (Å²) in [6, 6.07) is 4.11. The molecule has 1 amide bonds. The van der Waals surface area contributed by atoms with Gasteiger partial charge in [0.1, 0.15) is 0 Å². The summed E-state index contributed by atoms with van der Waals surface area (Å²) in [6.07, 6.45) is 4.60. The topological polar surface area (TPSA) is 49.3 Å². The van der Waals surface area contributed by atoms with Gasteiger partial charge in [0.25, 0.3) is 5.91 Å².